The number of fused-ring (bicyclic) bond motifs is 1. The molecule has 0 spiro atoms. The summed E-state index contributed by atoms with van der Waals surface area (Å²) in [6.07, 6.45) is 5.53. The van der Waals surface area contributed by atoms with E-state index in [1.807, 2.05) is 0 Å². The minimum atomic E-state index is 0.886. The SMILES string of the molecule is c1cc2c(cc1CN1CCCC1)CN(N1CCN(C3CC3)CC1)O2. The van der Waals surface area contributed by atoms with Crippen LogP contribution in [0.2, 0.25) is 0 Å². The summed E-state index contributed by atoms with van der Waals surface area (Å²) >= 11 is 0. The average molecular weight is 328 g/mol. The van der Waals surface area contributed by atoms with Gasteiger partial charge < -0.3 is 4.84 Å². The number of hydrazine groups is 1. The number of hydrogen-bond acceptors (Lipinski definition) is 5. The Morgan fingerprint density at radius 2 is 1.75 bits per heavy atom. The van der Waals surface area contributed by atoms with Crippen molar-refractivity contribution >= 4 is 0 Å². The van der Waals surface area contributed by atoms with Crippen LogP contribution in [-0.2, 0) is 13.1 Å². The van der Waals surface area contributed by atoms with E-state index in [-0.39, 0.29) is 0 Å². The van der Waals surface area contributed by atoms with Gasteiger partial charge in [-0.1, -0.05) is 11.2 Å². The number of hydrogen-bond donors (Lipinski definition) is 0. The number of hydroxylamine groups is 1. The molecule has 130 valence electrons. The molecule has 1 saturated carbocycles. The largest absolute Gasteiger partial charge is 0.390 e. The summed E-state index contributed by atoms with van der Waals surface area (Å²) in [6, 6.07) is 7.65. The van der Waals surface area contributed by atoms with Gasteiger partial charge in [0.2, 0.25) is 0 Å². The summed E-state index contributed by atoms with van der Waals surface area (Å²) < 4.78 is 0. The quantitative estimate of drug-likeness (QED) is 0.842. The highest BCUT2D eigenvalue weighted by Gasteiger charge is 2.34. The molecule has 4 aliphatic rings. The second-order valence-corrected chi connectivity index (χ2v) is 7.75. The Labute approximate surface area is 144 Å². The molecule has 5 rings (SSSR count). The predicted molar refractivity (Wildman–Crippen MR) is 93.3 cm³/mol. The molecular formula is C19H28N4O. The topological polar surface area (TPSA) is 22.2 Å². The summed E-state index contributed by atoms with van der Waals surface area (Å²) in [4.78, 5) is 11.3. The monoisotopic (exact) mass is 328 g/mol. The van der Waals surface area contributed by atoms with E-state index in [9.17, 15) is 0 Å². The van der Waals surface area contributed by atoms with Crippen LogP contribution in [0.1, 0.15) is 36.8 Å². The van der Waals surface area contributed by atoms with E-state index in [2.05, 4.69) is 38.2 Å². The van der Waals surface area contributed by atoms with E-state index in [0.29, 0.717) is 0 Å². The second-order valence-electron chi connectivity index (χ2n) is 7.75. The maximum atomic E-state index is 6.11. The lowest BCUT2D eigenvalue weighted by atomic mass is 10.1. The van der Waals surface area contributed by atoms with Gasteiger partial charge in [0.15, 0.2) is 5.75 Å². The van der Waals surface area contributed by atoms with Crippen molar-refractivity contribution < 1.29 is 4.84 Å². The van der Waals surface area contributed by atoms with Crippen LogP contribution in [0.3, 0.4) is 0 Å². The molecule has 3 heterocycles. The molecule has 5 nitrogen and oxygen atoms in total. The summed E-state index contributed by atoms with van der Waals surface area (Å²) in [5, 5.41) is 4.48. The first-order valence-corrected chi connectivity index (χ1v) is 9.64. The van der Waals surface area contributed by atoms with Crippen molar-refractivity contribution in [2.45, 2.75) is 44.8 Å². The van der Waals surface area contributed by atoms with Crippen molar-refractivity contribution in [2.75, 3.05) is 39.3 Å². The van der Waals surface area contributed by atoms with Gasteiger partial charge in [-0.3, -0.25) is 9.80 Å². The first kappa shape index (κ1) is 15.1. The van der Waals surface area contributed by atoms with E-state index in [4.69, 9.17) is 4.84 Å². The van der Waals surface area contributed by atoms with Gasteiger partial charge >= 0.3 is 0 Å². The Kier molecular flexibility index (Phi) is 3.97. The van der Waals surface area contributed by atoms with E-state index in [1.54, 1.807) is 0 Å². The third-order valence-corrected chi connectivity index (χ3v) is 5.91. The molecule has 1 aromatic carbocycles. The molecule has 1 aliphatic carbocycles. The molecule has 0 radical (unpaired) electrons. The molecular weight excluding hydrogens is 300 g/mol. The predicted octanol–water partition coefficient (Wildman–Crippen LogP) is 2.09. The van der Waals surface area contributed by atoms with Crippen LogP contribution < -0.4 is 4.84 Å². The van der Waals surface area contributed by atoms with Crippen molar-refractivity contribution in [1.29, 1.82) is 0 Å². The van der Waals surface area contributed by atoms with Gasteiger partial charge in [-0.15, -0.1) is 0 Å². The van der Waals surface area contributed by atoms with E-state index < -0.39 is 0 Å². The zero-order valence-electron chi connectivity index (χ0n) is 14.5. The Hall–Kier alpha value is -1.14. The van der Waals surface area contributed by atoms with Gasteiger partial charge in [0.05, 0.1) is 6.54 Å². The van der Waals surface area contributed by atoms with Gasteiger partial charge in [-0.25, -0.2) is 5.01 Å². The van der Waals surface area contributed by atoms with Crippen molar-refractivity contribution in [3.8, 4) is 5.75 Å². The fourth-order valence-electron chi connectivity index (χ4n) is 4.33. The Morgan fingerprint density at radius 3 is 2.50 bits per heavy atom. The maximum absolute atomic E-state index is 6.11. The molecule has 0 bridgehead atoms. The zero-order chi connectivity index (χ0) is 15.9. The number of piperazine rings is 1. The smallest absolute Gasteiger partial charge is 0.154 e. The highest BCUT2D eigenvalue weighted by molar-refractivity contribution is 5.38. The molecule has 3 fully saturated rings. The van der Waals surface area contributed by atoms with Crippen molar-refractivity contribution in [2.24, 2.45) is 0 Å². The van der Waals surface area contributed by atoms with E-state index >= 15 is 0 Å². The summed E-state index contributed by atoms with van der Waals surface area (Å²) in [5.74, 6) is 1.05. The molecule has 0 unspecified atom stereocenters. The molecule has 0 N–H and O–H groups in total. The lowest BCUT2D eigenvalue weighted by Gasteiger charge is -2.38. The van der Waals surface area contributed by atoms with Crippen LogP contribution >= 0.6 is 0 Å². The minimum absolute atomic E-state index is 0.886. The summed E-state index contributed by atoms with van der Waals surface area (Å²) in [6.45, 7) is 9.04. The van der Waals surface area contributed by atoms with Gasteiger partial charge in [0.1, 0.15) is 0 Å². The van der Waals surface area contributed by atoms with E-state index in [0.717, 1.165) is 38.0 Å². The molecule has 24 heavy (non-hydrogen) atoms. The Bertz CT molecular complexity index is 589. The van der Waals surface area contributed by atoms with Gasteiger partial charge in [-0.05, 0) is 56.5 Å². The third kappa shape index (κ3) is 3.06. The number of benzene rings is 1. The average Bonchev–Trinajstić information content (AvgIpc) is 3.17. The second kappa shape index (κ2) is 6.30. The van der Waals surface area contributed by atoms with Gasteiger partial charge in [-0.2, -0.15) is 0 Å². The van der Waals surface area contributed by atoms with Crippen LogP contribution in [0.5, 0.6) is 5.75 Å². The maximum Gasteiger partial charge on any atom is 0.154 e. The van der Waals surface area contributed by atoms with Crippen LogP contribution in [0.15, 0.2) is 18.2 Å². The molecule has 5 heteroatoms. The molecule has 0 aromatic heterocycles. The van der Waals surface area contributed by atoms with Crippen LogP contribution in [0.4, 0.5) is 0 Å². The highest BCUT2D eigenvalue weighted by atomic mass is 16.7. The first-order chi connectivity index (χ1) is 11.8. The van der Waals surface area contributed by atoms with Crippen molar-refractivity contribution in [1.82, 2.24) is 20.0 Å². The highest BCUT2D eigenvalue weighted by Crippen LogP contribution is 2.32. The first-order valence-electron chi connectivity index (χ1n) is 9.64. The van der Waals surface area contributed by atoms with Gasteiger partial charge in [0, 0.05) is 44.3 Å². The number of rotatable bonds is 4. The fourth-order valence-corrected chi connectivity index (χ4v) is 4.33. The molecule has 3 aliphatic heterocycles. The number of likely N-dealkylation sites (tertiary alicyclic amines) is 1. The van der Waals surface area contributed by atoms with Crippen LogP contribution in [0.25, 0.3) is 0 Å². The summed E-state index contributed by atoms with van der Waals surface area (Å²) in [7, 11) is 0. The Balaban J connectivity index is 1.20. The van der Waals surface area contributed by atoms with Crippen molar-refractivity contribution in [3.05, 3.63) is 29.3 Å². The molecule has 1 aromatic rings. The molecule has 2 saturated heterocycles. The van der Waals surface area contributed by atoms with Crippen LogP contribution in [0, 0.1) is 0 Å². The van der Waals surface area contributed by atoms with E-state index in [1.165, 1.54) is 63.0 Å². The standard InChI is InChI=1S/C19H28N4O/c1-2-8-20(7-1)14-16-3-6-19-17(13-16)15-23(24-19)22-11-9-21(10-12-22)18-4-5-18/h3,6,13,18H,1-2,4-5,7-12,14-15H2. The minimum Gasteiger partial charge on any atom is -0.390 e. The molecule has 0 atom stereocenters. The van der Waals surface area contributed by atoms with Gasteiger partial charge in [0.25, 0.3) is 0 Å². The lowest BCUT2D eigenvalue weighted by molar-refractivity contribution is -0.223. The number of nitrogens with zero attached hydrogens (tertiary/aromatic N) is 4. The van der Waals surface area contributed by atoms with Crippen molar-refractivity contribution in [3.63, 3.8) is 0 Å². The molecule has 0 amide bonds. The third-order valence-electron chi connectivity index (χ3n) is 5.91. The fraction of sp³-hybridized carbons (Fsp3) is 0.684. The Morgan fingerprint density at radius 1 is 0.958 bits per heavy atom. The zero-order valence-corrected chi connectivity index (χ0v) is 14.5. The van der Waals surface area contributed by atoms with Crippen LogP contribution in [-0.4, -0.2) is 65.3 Å². The normalized spacial score (nSPS) is 26.7. The lowest BCUT2D eigenvalue weighted by Crippen LogP contribution is -2.53. The summed E-state index contributed by atoms with van der Waals surface area (Å²) in [5.41, 5.74) is 2.77.